The standard InChI is InChI=1S/C26H38N4O4S/c31-25(27-20-10-4-1-2-5-11-20)19-30-24-18-21(35(33,34)28-15-7-3-8-16-28)13-14-22(24)29-17-9-6-12-23(29)26(30)32/h13-14,18,20,23H,1-12,15-17,19H2,(H,27,31)/t23-/m0/s1. The maximum absolute atomic E-state index is 13.6. The quantitative estimate of drug-likeness (QED) is 0.624. The minimum absolute atomic E-state index is 0.0696. The molecule has 8 nitrogen and oxygen atoms in total. The van der Waals surface area contributed by atoms with Crippen molar-refractivity contribution in [3.05, 3.63) is 18.2 Å². The zero-order chi connectivity index (χ0) is 24.4. The van der Waals surface area contributed by atoms with E-state index in [0.29, 0.717) is 18.8 Å². The number of carbonyl (C=O) groups is 2. The number of piperidine rings is 2. The third-order valence-corrected chi connectivity index (χ3v) is 9.97. The molecule has 3 aliphatic heterocycles. The van der Waals surface area contributed by atoms with Gasteiger partial charge in [-0.2, -0.15) is 4.31 Å². The van der Waals surface area contributed by atoms with Gasteiger partial charge < -0.3 is 10.2 Å². The highest BCUT2D eigenvalue weighted by Gasteiger charge is 2.41. The van der Waals surface area contributed by atoms with Crippen LogP contribution in [0.3, 0.4) is 0 Å². The van der Waals surface area contributed by atoms with Crippen molar-refractivity contribution in [1.82, 2.24) is 9.62 Å². The number of amides is 2. The minimum Gasteiger partial charge on any atom is -0.358 e. The zero-order valence-corrected chi connectivity index (χ0v) is 21.4. The van der Waals surface area contributed by atoms with Crippen molar-refractivity contribution in [2.24, 2.45) is 0 Å². The molecule has 0 spiro atoms. The predicted molar refractivity (Wildman–Crippen MR) is 136 cm³/mol. The smallest absolute Gasteiger partial charge is 0.250 e. The fourth-order valence-electron chi connectivity index (χ4n) is 6.16. The van der Waals surface area contributed by atoms with E-state index in [2.05, 4.69) is 10.2 Å². The lowest BCUT2D eigenvalue weighted by Gasteiger charge is -2.45. The number of fused-ring (bicyclic) bond motifs is 3. The average Bonchev–Trinajstić information content (AvgIpc) is 3.15. The highest BCUT2D eigenvalue weighted by atomic mass is 32.2. The molecule has 0 bridgehead atoms. The van der Waals surface area contributed by atoms with Gasteiger partial charge in [0.15, 0.2) is 0 Å². The highest BCUT2D eigenvalue weighted by Crippen LogP contribution is 2.41. The van der Waals surface area contributed by atoms with Crippen molar-refractivity contribution in [3.8, 4) is 0 Å². The summed E-state index contributed by atoms with van der Waals surface area (Å²) in [5.74, 6) is -0.259. The van der Waals surface area contributed by atoms with Gasteiger partial charge in [0, 0.05) is 25.7 Å². The molecule has 3 heterocycles. The van der Waals surface area contributed by atoms with E-state index in [4.69, 9.17) is 0 Å². The molecule has 1 saturated carbocycles. The van der Waals surface area contributed by atoms with E-state index in [1.54, 1.807) is 21.3 Å². The molecule has 4 aliphatic rings. The molecule has 9 heteroatoms. The predicted octanol–water partition coefficient (Wildman–Crippen LogP) is 3.41. The van der Waals surface area contributed by atoms with Gasteiger partial charge in [0.2, 0.25) is 21.8 Å². The number of hydrogen-bond donors (Lipinski definition) is 1. The third kappa shape index (κ3) is 5.07. The first-order valence-electron chi connectivity index (χ1n) is 13.5. The maximum Gasteiger partial charge on any atom is 0.250 e. The Balaban J connectivity index is 1.44. The summed E-state index contributed by atoms with van der Waals surface area (Å²) in [6.07, 6.45) is 12.1. The third-order valence-electron chi connectivity index (χ3n) is 8.08. The van der Waals surface area contributed by atoms with E-state index >= 15 is 0 Å². The number of nitrogens with zero attached hydrogens (tertiary/aromatic N) is 3. The minimum atomic E-state index is -3.64. The van der Waals surface area contributed by atoms with Gasteiger partial charge in [-0.1, -0.05) is 32.1 Å². The van der Waals surface area contributed by atoms with E-state index < -0.39 is 10.0 Å². The summed E-state index contributed by atoms with van der Waals surface area (Å²) in [6, 6.07) is 5.01. The Morgan fingerprint density at radius 1 is 0.857 bits per heavy atom. The molecule has 5 rings (SSSR count). The fourth-order valence-corrected chi connectivity index (χ4v) is 7.69. The normalized spacial score (nSPS) is 24.5. The number of anilines is 2. The summed E-state index contributed by atoms with van der Waals surface area (Å²) in [6.45, 7) is 1.75. The van der Waals surface area contributed by atoms with Crippen LogP contribution in [0.25, 0.3) is 0 Å². The Morgan fingerprint density at radius 2 is 1.51 bits per heavy atom. The summed E-state index contributed by atoms with van der Waals surface area (Å²) in [5, 5.41) is 3.15. The topological polar surface area (TPSA) is 90.0 Å². The van der Waals surface area contributed by atoms with Gasteiger partial charge in [-0.15, -0.1) is 0 Å². The molecule has 35 heavy (non-hydrogen) atoms. The van der Waals surface area contributed by atoms with Gasteiger partial charge in [-0.3, -0.25) is 14.5 Å². The molecule has 1 aromatic rings. The number of carbonyl (C=O) groups excluding carboxylic acids is 2. The molecule has 1 N–H and O–H groups in total. The second-order valence-electron chi connectivity index (χ2n) is 10.5. The number of rotatable bonds is 5. The molecule has 1 aliphatic carbocycles. The first-order chi connectivity index (χ1) is 16.9. The molecule has 3 fully saturated rings. The first-order valence-corrected chi connectivity index (χ1v) is 14.9. The van der Waals surface area contributed by atoms with E-state index in [1.165, 1.54) is 12.8 Å². The molecular formula is C26H38N4O4S. The highest BCUT2D eigenvalue weighted by molar-refractivity contribution is 7.89. The Kier molecular flexibility index (Phi) is 7.34. The first kappa shape index (κ1) is 24.6. The van der Waals surface area contributed by atoms with Gasteiger partial charge in [0.1, 0.15) is 12.6 Å². The molecule has 2 amide bonds. The second kappa shape index (κ2) is 10.5. The van der Waals surface area contributed by atoms with E-state index in [1.807, 2.05) is 6.07 Å². The van der Waals surface area contributed by atoms with Crippen molar-refractivity contribution < 1.29 is 18.0 Å². The van der Waals surface area contributed by atoms with Crippen LogP contribution < -0.4 is 15.1 Å². The fraction of sp³-hybridized carbons (Fsp3) is 0.692. The second-order valence-corrected chi connectivity index (χ2v) is 12.4. The van der Waals surface area contributed by atoms with Crippen LogP contribution in [0.15, 0.2) is 23.1 Å². The summed E-state index contributed by atoms with van der Waals surface area (Å²) in [4.78, 5) is 30.6. The van der Waals surface area contributed by atoms with E-state index in [0.717, 1.165) is 76.4 Å². The van der Waals surface area contributed by atoms with Gasteiger partial charge in [-0.05, 0) is 63.1 Å². The van der Waals surface area contributed by atoms with Crippen LogP contribution in [-0.2, 0) is 19.6 Å². The van der Waals surface area contributed by atoms with Crippen molar-refractivity contribution in [2.75, 3.05) is 36.0 Å². The molecule has 1 aromatic carbocycles. The summed E-state index contributed by atoms with van der Waals surface area (Å²) in [5.41, 5.74) is 1.40. The van der Waals surface area contributed by atoms with Crippen LogP contribution in [-0.4, -0.2) is 62.8 Å². The summed E-state index contributed by atoms with van der Waals surface area (Å²) >= 11 is 0. The van der Waals surface area contributed by atoms with Gasteiger partial charge >= 0.3 is 0 Å². The van der Waals surface area contributed by atoms with Crippen LogP contribution in [0.4, 0.5) is 11.4 Å². The van der Waals surface area contributed by atoms with Crippen LogP contribution in [0.5, 0.6) is 0 Å². The van der Waals surface area contributed by atoms with E-state index in [-0.39, 0.29) is 35.3 Å². The lowest BCUT2D eigenvalue weighted by atomic mass is 9.96. The largest absolute Gasteiger partial charge is 0.358 e. The Hall–Kier alpha value is -2.13. The number of hydrogen-bond acceptors (Lipinski definition) is 5. The van der Waals surface area contributed by atoms with Crippen LogP contribution in [0.2, 0.25) is 0 Å². The van der Waals surface area contributed by atoms with Crippen LogP contribution in [0.1, 0.15) is 77.0 Å². The van der Waals surface area contributed by atoms with Crippen molar-refractivity contribution >= 4 is 33.2 Å². The Bertz CT molecular complexity index is 1050. The van der Waals surface area contributed by atoms with E-state index in [9.17, 15) is 18.0 Å². The van der Waals surface area contributed by atoms with Crippen LogP contribution in [0, 0.1) is 0 Å². The monoisotopic (exact) mass is 502 g/mol. The molecule has 0 aromatic heterocycles. The number of sulfonamides is 1. The van der Waals surface area contributed by atoms with Crippen molar-refractivity contribution in [2.45, 2.75) is 94.0 Å². The summed E-state index contributed by atoms with van der Waals surface area (Å²) in [7, 11) is -3.64. The Labute approximate surface area is 209 Å². The zero-order valence-electron chi connectivity index (χ0n) is 20.6. The summed E-state index contributed by atoms with van der Waals surface area (Å²) < 4.78 is 28.3. The average molecular weight is 503 g/mol. The van der Waals surface area contributed by atoms with Crippen molar-refractivity contribution in [1.29, 1.82) is 0 Å². The molecule has 0 unspecified atom stereocenters. The van der Waals surface area contributed by atoms with Gasteiger partial charge in [0.05, 0.1) is 16.3 Å². The van der Waals surface area contributed by atoms with Crippen molar-refractivity contribution in [3.63, 3.8) is 0 Å². The number of nitrogens with one attached hydrogen (secondary N) is 1. The molecule has 2 saturated heterocycles. The molecular weight excluding hydrogens is 464 g/mol. The molecule has 1 atom stereocenters. The lowest BCUT2D eigenvalue weighted by molar-refractivity contribution is -0.125. The number of benzene rings is 1. The maximum atomic E-state index is 13.6. The van der Waals surface area contributed by atoms with Gasteiger partial charge in [-0.25, -0.2) is 8.42 Å². The van der Waals surface area contributed by atoms with Gasteiger partial charge in [0.25, 0.3) is 0 Å². The molecule has 0 radical (unpaired) electrons. The van der Waals surface area contributed by atoms with Crippen LogP contribution >= 0.6 is 0 Å². The molecule has 192 valence electrons. The SMILES string of the molecule is O=C(CN1C(=O)[C@@H]2CCCCN2c2ccc(S(=O)(=O)N3CCCCC3)cc21)NC1CCCCCC1. The lowest BCUT2D eigenvalue weighted by Crippen LogP contribution is -2.57. The Morgan fingerprint density at radius 3 is 2.26 bits per heavy atom.